The van der Waals surface area contributed by atoms with Crippen LogP contribution in [-0.4, -0.2) is 50.1 Å². The third kappa shape index (κ3) is 5.05. The van der Waals surface area contributed by atoms with Gasteiger partial charge in [-0.15, -0.1) is 0 Å². The summed E-state index contributed by atoms with van der Waals surface area (Å²) < 4.78 is 9.34. The number of carbonyl (C=O) groups excluding carboxylic acids is 4. The Balaban J connectivity index is 3.63. The lowest BCUT2D eigenvalue weighted by Gasteiger charge is -2.14. The maximum Gasteiger partial charge on any atom is 0.338 e. The summed E-state index contributed by atoms with van der Waals surface area (Å²) >= 11 is 0. The van der Waals surface area contributed by atoms with Gasteiger partial charge in [-0.05, 0) is 26.0 Å². The molecular formula is C18H16N2O6. The van der Waals surface area contributed by atoms with E-state index < -0.39 is 37.0 Å². The van der Waals surface area contributed by atoms with E-state index in [4.69, 9.17) is 27.7 Å². The molecule has 1 rings (SSSR count). The molecule has 0 atom stereocenters. The Morgan fingerprint density at radius 2 is 1.04 bits per heavy atom. The van der Waals surface area contributed by atoms with Crippen molar-refractivity contribution in [2.24, 2.45) is 0 Å². The maximum absolute atomic E-state index is 12.2. The zero-order valence-corrected chi connectivity index (χ0v) is 13.7. The highest BCUT2D eigenvalue weighted by Crippen LogP contribution is 2.20. The fourth-order valence-corrected chi connectivity index (χ4v) is 2.00. The topological polar surface area (TPSA) is 111 Å². The summed E-state index contributed by atoms with van der Waals surface area (Å²) in [4.78, 5) is 48.6. The summed E-state index contributed by atoms with van der Waals surface area (Å²) in [6, 6.07) is 2.00. The molecule has 0 aromatic heterocycles. The molecule has 1 aromatic rings. The Bertz CT molecular complexity index is 585. The molecule has 0 aliphatic carbocycles. The standard InChI is InChI=1S/C18H16N2O6/c1-5-19-15(21)11-9-12(16(22)20-6-2)14(18(24)26-8-4)10-13(11)17(23)25-7-3/h1-4,9-10H,5-8H2,(H,19,21)(H,20,22). The van der Waals surface area contributed by atoms with Crippen molar-refractivity contribution in [1.29, 1.82) is 0 Å². The lowest BCUT2D eigenvalue weighted by Crippen LogP contribution is -2.29. The summed E-state index contributed by atoms with van der Waals surface area (Å²) in [5.74, 6) is -3.50. The van der Waals surface area contributed by atoms with Gasteiger partial charge in [0.15, 0.2) is 0 Å². The Morgan fingerprint density at radius 1 is 0.692 bits per heavy atom. The minimum atomic E-state index is -0.984. The van der Waals surface area contributed by atoms with Crippen LogP contribution in [0, 0.1) is 27.7 Å². The van der Waals surface area contributed by atoms with Crippen LogP contribution in [0.4, 0.5) is 0 Å². The van der Waals surface area contributed by atoms with E-state index in [2.05, 4.69) is 20.1 Å². The lowest BCUT2D eigenvalue weighted by atomic mass is 9.96. The van der Waals surface area contributed by atoms with Crippen LogP contribution in [-0.2, 0) is 9.47 Å². The normalized spacial score (nSPS) is 10.0. The molecule has 0 fully saturated rings. The molecule has 0 bridgehead atoms. The summed E-state index contributed by atoms with van der Waals surface area (Å²) in [5, 5.41) is 4.56. The third-order valence-electron chi connectivity index (χ3n) is 3.04. The monoisotopic (exact) mass is 356 g/mol. The fraction of sp³-hybridized carbons (Fsp3) is 0.222. The van der Waals surface area contributed by atoms with Crippen molar-refractivity contribution in [3.63, 3.8) is 0 Å². The number of nitrogens with one attached hydrogen (secondary N) is 2. The van der Waals surface area contributed by atoms with E-state index in [1.54, 1.807) is 0 Å². The average molecular weight is 356 g/mol. The quantitative estimate of drug-likeness (QED) is 0.649. The van der Waals surface area contributed by atoms with Gasteiger partial charge in [0, 0.05) is 26.9 Å². The van der Waals surface area contributed by atoms with Crippen molar-refractivity contribution in [3.05, 3.63) is 62.1 Å². The summed E-state index contributed by atoms with van der Waals surface area (Å²) in [5.41, 5.74) is -1.12. The Morgan fingerprint density at radius 3 is 1.35 bits per heavy atom. The molecule has 0 aliphatic heterocycles. The molecule has 8 nitrogen and oxygen atoms in total. The van der Waals surface area contributed by atoms with Crippen LogP contribution in [0.25, 0.3) is 0 Å². The van der Waals surface area contributed by atoms with Crippen molar-refractivity contribution in [1.82, 2.24) is 10.6 Å². The Kier molecular flexibility index (Phi) is 8.27. The molecule has 0 saturated carbocycles. The molecule has 2 amide bonds. The van der Waals surface area contributed by atoms with E-state index in [0.717, 1.165) is 12.1 Å². The Hall–Kier alpha value is -2.90. The predicted molar refractivity (Wildman–Crippen MR) is 88.9 cm³/mol. The van der Waals surface area contributed by atoms with Crippen LogP contribution in [0.15, 0.2) is 12.1 Å². The van der Waals surface area contributed by atoms with Crippen molar-refractivity contribution in [2.45, 2.75) is 0 Å². The van der Waals surface area contributed by atoms with E-state index in [-0.39, 0.29) is 35.3 Å². The molecule has 0 aliphatic rings. The molecule has 8 radical (unpaired) electrons. The van der Waals surface area contributed by atoms with Gasteiger partial charge in [-0.2, -0.15) is 0 Å². The van der Waals surface area contributed by atoms with E-state index in [9.17, 15) is 19.2 Å². The molecular weight excluding hydrogens is 340 g/mol. The number of ether oxygens (including phenoxy) is 2. The number of hydrogen-bond donors (Lipinski definition) is 2. The van der Waals surface area contributed by atoms with Gasteiger partial charge in [0.2, 0.25) is 0 Å². The second kappa shape index (κ2) is 10.2. The van der Waals surface area contributed by atoms with Crippen molar-refractivity contribution in [2.75, 3.05) is 26.3 Å². The molecule has 26 heavy (non-hydrogen) atoms. The SMILES string of the molecule is [CH]CNC(=O)c1cc(C(=O)NC[CH])c(C(=O)OC[CH])cc1C(=O)OC[CH]. The maximum atomic E-state index is 12.2. The first-order valence-corrected chi connectivity index (χ1v) is 7.30. The van der Waals surface area contributed by atoms with Crippen molar-refractivity contribution >= 4 is 23.8 Å². The van der Waals surface area contributed by atoms with Gasteiger partial charge < -0.3 is 20.1 Å². The van der Waals surface area contributed by atoms with Crippen LogP contribution in [0.5, 0.6) is 0 Å². The minimum absolute atomic E-state index is 0.231. The van der Waals surface area contributed by atoms with Crippen molar-refractivity contribution < 1.29 is 28.7 Å². The summed E-state index contributed by atoms with van der Waals surface area (Å²) in [6.07, 6.45) is 0. The second-order valence-electron chi connectivity index (χ2n) is 4.56. The molecule has 0 unspecified atom stereocenters. The van der Waals surface area contributed by atoms with E-state index in [1.165, 1.54) is 0 Å². The van der Waals surface area contributed by atoms with Crippen LogP contribution >= 0.6 is 0 Å². The van der Waals surface area contributed by atoms with Gasteiger partial charge >= 0.3 is 11.9 Å². The van der Waals surface area contributed by atoms with Gasteiger partial charge in [-0.25, -0.2) is 9.59 Å². The van der Waals surface area contributed by atoms with Gasteiger partial charge in [0.1, 0.15) is 0 Å². The lowest BCUT2D eigenvalue weighted by molar-refractivity contribution is 0.0539. The zero-order chi connectivity index (χ0) is 19.7. The minimum Gasteiger partial charge on any atom is -0.462 e. The smallest absolute Gasteiger partial charge is 0.338 e. The highest BCUT2D eigenvalue weighted by Gasteiger charge is 2.26. The first-order chi connectivity index (χ1) is 12.4. The second-order valence-corrected chi connectivity index (χ2v) is 4.56. The first kappa shape index (κ1) is 21.1. The van der Waals surface area contributed by atoms with E-state index >= 15 is 0 Å². The number of rotatable bonds is 8. The number of amides is 2. The van der Waals surface area contributed by atoms with Crippen LogP contribution in [0.2, 0.25) is 0 Å². The van der Waals surface area contributed by atoms with Gasteiger partial charge in [-0.3, -0.25) is 9.59 Å². The highest BCUT2D eigenvalue weighted by molar-refractivity contribution is 6.12. The van der Waals surface area contributed by atoms with Crippen LogP contribution < -0.4 is 10.6 Å². The average Bonchev–Trinajstić information content (AvgIpc) is 2.61. The van der Waals surface area contributed by atoms with Gasteiger partial charge in [0.05, 0.1) is 35.5 Å². The zero-order valence-electron chi connectivity index (χ0n) is 13.7. The molecule has 0 spiro atoms. The number of hydrogen-bond acceptors (Lipinski definition) is 6. The number of benzene rings is 1. The predicted octanol–water partition coefficient (Wildman–Crippen LogP) is 0.304. The summed E-state index contributed by atoms with van der Waals surface area (Å²) in [7, 11) is 0. The molecule has 0 heterocycles. The number of esters is 2. The fourth-order valence-electron chi connectivity index (χ4n) is 2.00. The Labute approximate surface area is 152 Å². The molecule has 134 valence electrons. The first-order valence-electron chi connectivity index (χ1n) is 7.30. The van der Waals surface area contributed by atoms with Crippen molar-refractivity contribution in [3.8, 4) is 0 Å². The largest absolute Gasteiger partial charge is 0.462 e. The highest BCUT2D eigenvalue weighted by atomic mass is 16.5. The summed E-state index contributed by atoms with van der Waals surface area (Å²) in [6.45, 7) is 19.5. The molecule has 0 saturated heterocycles. The van der Waals surface area contributed by atoms with Crippen LogP contribution in [0.1, 0.15) is 41.4 Å². The van der Waals surface area contributed by atoms with E-state index in [1.807, 2.05) is 0 Å². The van der Waals surface area contributed by atoms with E-state index in [0.29, 0.717) is 0 Å². The molecule has 8 heteroatoms. The van der Waals surface area contributed by atoms with Gasteiger partial charge in [-0.1, -0.05) is 0 Å². The number of carbonyl (C=O) groups is 4. The van der Waals surface area contributed by atoms with Gasteiger partial charge in [0.25, 0.3) is 11.8 Å². The van der Waals surface area contributed by atoms with Crippen LogP contribution in [0.3, 0.4) is 0 Å². The molecule has 1 aromatic carbocycles. The molecule has 2 N–H and O–H groups in total. The third-order valence-corrected chi connectivity index (χ3v) is 3.04.